The molecule has 3 aromatic carbocycles. The maximum Gasteiger partial charge on any atom is 0.269 e. The number of carbonyl (C=O) groups excluding carboxylic acids is 1. The third-order valence-corrected chi connectivity index (χ3v) is 6.72. The third-order valence-electron chi connectivity index (χ3n) is 6.30. The van der Waals surface area contributed by atoms with Crippen LogP contribution in [0.15, 0.2) is 66.7 Å². The molecule has 2 N–H and O–H groups in total. The average Bonchev–Trinajstić information content (AvgIpc) is 3.24. The van der Waals surface area contributed by atoms with Gasteiger partial charge >= 0.3 is 0 Å². The fourth-order valence-electron chi connectivity index (χ4n) is 4.60. The van der Waals surface area contributed by atoms with Crippen molar-refractivity contribution >= 4 is 61.7 Å². The van der Waals surface area contributed by atoms with Crippen molar-refractivity contribution in [1.29, 1.82) is 0 Å². The average molecular weight is 472 g/mol. The molecule has 5 aromatic rings. The molecular weight excluding hydrogens is 454 g/mol. The number of rotatable bonds is 4. The highest BCUT2D eigenvalue weighted by molar-refractivity contribution is 6.34. The van der Waals surface area contributed by atoms with Crippen LogP contribution in [0.3, 0.4) is 0 Å². The van der Waals surface area contributed by atoms with Gasteiger partial charge < -0.3 is 4.98 Å². The number of alkyl halides is 1. The van der Waals surface area contributed by atoms with E-state index in [4.69, 9.17) is 16.6 Å². The number of hydrogen-bond acceptors (Lipinski definition) is 5. The number of benzene rings is 3. The smallest absolute Gasteiger partial charge is 0.269 e. The van der Waals surface area contributed by atoms with Crippen LogP contribution in [0.25, 0.3) is 32.7 Å². The number of aryl methyl sites for hydroxylation is 1. The summed E-state index contributed by atoms with van der Waals surface area (Å²) in [5.74, 6) is 0.247. The number of para-hydroxylation sites is 1. The minimum Gasteiger partial charge on any atom is -0.354 e. The lowest BCUT2D eigenvalue weighted by atomic mass is 9.95. The number of non-ortho nitro benzene ring substituents is 1. The molecule has 1 aliphatic heterocycles. The number of nitrogens with zero attached hydrogens (tertiary/aromatic N) is 3. The molecule has 0 bridgehead atoms. The largest absolute Gasteiger partial charge is 0.354 e. The summed E-state index contributed by atoms with van der Waals surface area (Å²) in [6, 6.07) is 19.6. The van der Waals surface area contributed by atoms with Gasteiger partial charge in [-0.2, -0.15) is 0 Å². The van der Waals surface area contributed by atoms with E-state index < -0.39 is 16.3 Å². The van der Waals surface area contributed by atoms with Crippen LogP contribution in [0.5, 0.6) is 0 Å². The van der Waals surface area contributed by atoms with Crippen LogP contribution in [0, 0.1) is 17.0 Å². The summed E-state index contributed by atoms with van der Waals surface area (Å²) in [6.07, 6.45) is 0. The molecule has 1 aliphatic rings. The number of amides is 1. The first kappa shape index (κ1) is 20.4. The van der Waals surface area contributed by atoms with Crippen molar-refractivity contribution < 1.29 is 9.72 Å². The van der Waals surface area contributed by atoms with Crippen molar-refractivity contribution in [3.05, 3.63) is 88.0 Å². The molecule has 2 unspecified atom stereocenters. The van der Waals surface area contributed by atoms with Gasteiger partial charge in [-0.3, -0.25) is 20.3 Å². The summed E-state index contributed by atoms with van der Waals surface area (Å²) in [5, 5.41) is 14.5. The normalized spacial score (nSPS) is 17.9. The zero-order valence-corrected chi connectivity index (χ0v) is 18.7. The molecule has 3 heterocycles. The molecule has 0 saturated carbocycles. The minimum absolute atomic E-state index is 0.0213. The zero-order valence-electron chi connectivity index (χ0n) is 17.9. The number of halogens is 1. The number of fused-ring (bicyclic) bond motifs is 5. The van der Waals surface area contributed by atoms with E-state index in [1.54, 1.807) is 12.1 Å². The summed E-state index contributed by atoms with van der Waals surface area (Å²) >= 11 is 6.38. The highest BCUT2D eigenvalue weighted by atomic mass is 35.5. The Bertz CT molecular complexity index is 1630. The monoisotopic (exact) mass is 471 g/mol. The minimum atomic E-state index is -0.782. The number of nitro groups is 1. The van der Waals surface area contributed by atoms with Crippen molar-refractivity contribution in [1.82, 2.24) is 15.0 Å². The molecule has 0 radical (unpaired) electrons. The van der Waals surface area contributed by atoms with E-state index in [0.29, 0.717) is 11.4 Å². The van der Waals surface area contributed by atoms with Gasteiger partial charge in [-0.1, -0.05) is 29.8 Å². The first-order valence-electron chi connectivity index (χ1n) is 10.7. The molecule has 1 saturated heterocycles. The van der Waals surface area contributed by atoms with Gasteiger partial charge in [0.2, 0.25) is 0 Å². The Morgan fingerprint density at radius 3 is 2.62 bits per heavy atom. The first-order valence-corrected chi connectivity index (χ1v) is 11.1. The van der Waals surface area contributed by atoms with Crippen molar-refractivity contribution in [3.63, 3.8) is 0 Å². The van der Waals surface area contributed by atoms with Crippen molar-refractivity contribution in [2.75, 3.05) is 5.43 Å². The Labute approximate surface area is 198 Å². The van der Waals surface area contributed by atoms with E-state index in [1.165, 1.54) is 17.1 Å². The van der Waals surface area contributed by atoms with Crippen LogP contribution < -0.4 is 5.43 Å². The van der Waals surface area contributed by atoms with Crippen LogP contribution in [0.4, 0.5) is 11.5 Å². The number of aromatic amines is 1. The highest BCUT2D eigenvalue weighted by Crippen LogP contribution is 2.41. The van der Waals surface area contributed by atoms with Crippen molar-refractivity contribution in [2.24, 2.45) is 0 Å². The molecule has 1 fully saturated rings. The molecule has 9 heteroatoms. The number of aromatic nitrogens is 2. The molecule has 8 nitrogen and oxygen atoms in total. The lowest BCUT2D eigenvalue weighted by molar-refractivity contribution is -0.384. The van der Waals surface area contributed by atoms with Crippen molar-refractivity contribution in [3.8, 4) is 0 Å². The summed E-state index contributed by atoms with van der Waals surface area (Å²) < 4.78 is 0. The summed E-state index contributed by atoms with van der Waals surface area (Å²) in [7, 11) is 0. The van der Waals surface area contributed by atoms with E-state index in [1.807, 2.05) is 43.3 Å². The van der Waals surface area contributed by atoms with Gasteiger partial charge in [0, 0.05) is 28.4 Å². The van der Waals surface area contributed by atoms with E-state index in [0.717, 1.165) is 38.3 Å². The Kier molecular flexibility index (Phi) is 4.46. The number of anilines is 1. The zero-order chi connectivity index (χ0) is 23.6. The Morgan fingerprint density at radius 2 is 1.85 bits per heavy atom. The number of nitro benzene ring substituents is 1. The maximum absolute atomic E-state index is 12.8. The van der Waals surface area contributed by atoms with Gasteiger partial charge in [0.05, 0.1) is 21.3 Å². The maximum atomic E-state index is 12.8. The van der Waals surface area contributed by atoms with Gasteiger partial charge in [-0.25, -0.2) is 9.99 Å². The first-order chi connectivity index (χ1) is 16.4. The molecule has 0 aliphatic carbocycles. The third kappa shape index (κ3) is 2.99. The van der Waals surface area contributed by atoms with Crippen LogP contribution >= 0.6 is 11.6 Å². The van der Waals surface area contributed by atoms with E-state index in [-0.39, 0.29) is 11.6 Å². The molecule has 0 spiro atoms. The van der Waals surface area contributed by atoms with E-state index >= 15 is 0 Å². The van der Waals surface area contributed by atoms with Gasteiger partial charge in [-0.15, -0.1) is 11.6 Å². The topological polar surface area (TPSA) is 104 Å². The summed E-state index contributed by atoms with van der Waals surface area (Å²) in [5.41, 5.74) is 7.69. The van der Waals surface area contributed by atoms with Gasteiger partial charge in [-0.05, 0) is 42.8 Å². The molecule has 34 heavy (non-hydrogen) atoms. The number of nitrogens with one attached hydrogen (secondary N) is 2. The number of β-lactam (4-membered cyclic amide) rings is 1. The molecule has 2 aromatic heterocycles. The van der Waals surface area contributed by atoms with Crippen LogP contribution in [-0.2, 0) is 4.79 Å². The summed E-state index contributed by atoms with van der Waals surface area (Å²) in [4.78, 5) is 31.7. The highest BCUT2D eigenvalue weighted by Gasteiger charge is 2.48. The fourth-order valence-corrected chi connectivity index (χ4v) is 4.96. The molecule has 2 atom stereocenters. The lowest BCUT2D eigenvalue weighted by Gasteiger charge is -2.44. The molecular formula is C25H18ClN5O3. The summed E-state index contributed by atoms with van der Waals surface area (Å²) in [6.45, 7) is 2.04. The van der Waals surface area contributed by atoms with Gasteiger partial charge in [0.25, 0.3) is 11.6 Å². The molecule has 1 amide bonds. The van der Waals surface area contributed by atoms with Crippen LogP contribution in [-0.4, -0.2) is 31.2 Å². The second-order valence-corrected chi connectivity index (χ2v) is 8.89. The number of hydrazine groups is 1. The van der Waals surface area contributed by atoms with Crippen molar-refractivity contribution in [2.45, 2.75) is 18.3 Å². The van der Waals surface area contributed by atoms with E-state index in [2.05, 4.69) is 16.5 Å². The quantitative estimate of drug-likeness (QED) is 0.153. The molecule has 6 rings (SSSR count). The van der Waals surface area contributed by atoms with Crippen LogP contribution in [0.1, 0.15) is 17.2 Å². The Hall–Kier alpha value is -4.17. The number of pyridine rings is 1. The predicted octanol–water partition coefficient (Wildman–Crippen LogP) is 5.60. The second kappa shape index (κ2) is 7.43. The van der Waals surface area contributed by atoms with E-state index in [9.17, 15) is 14.9 Å². The fraction of sp³-hybridized carbons (Fsp3) is 0.120. The lowest BCUT2D eigenvalue weighted by Crippen LogP contribution is -2.58. The van der Waals surface area contributed by atoms with Gasteiger partial charge in [0.15, 0.2) is 5.82 Å². The molecule has 168 valence electrons. The number of H-pyrrole nitrogens is 1. The van der Waals surface area contributed by atoms with Crippen LogP contribution in [0.2, 0.25) is 0 Å². The number of carbonyl (C=O) groups is 1. The van der Waals surface area contributed by atoms with Gasteiger partial charge in [0.1, 0.15) is 11.4 Å². The second-order valence-electron chi connectivity index (χ2n) is 8.42. The standard InChI is InChI=1S/C25H18ClN5O3/c1-13-6-11-19-17(12-13)22-20(16-4-2-3-5-18(16)27-22)24(28-19)29-30-23(21(26)25(30)32)14-7-9-15(10-8-14)31(33)34/h2-12,21,23,27H,1H3,(H,28,29). The predicted molar refractivity (Wildman–Crippen MR) is 132 cm³/mol. The SMILES string of the molecule is Cc1ccc2nc(NN3C(=O)C(Cl)C3c3ccc([N+](=O)[O-])cc3)c3c4ccccc4[nH]c3c2c1. The Balaban J connectivity index is 1.48. The Morgan fingerprint density at radius 1 is 1.09 bits per heavy atom. The number of hydrogen-bond donors (Lipinski definition) is 2.